The van der Waals surface area contributed by atoms with Crippen LogP contribution in [0.5, 0.6) is 0 Å². The lowest BCUT2D eigenvalue weighted by Gasteiger charge is -2.19. The van der Waals surface area contributed by atoms with Crippen molar-refractivity contribution in [3.8, 4) is 0 Å². The first kappa shape index (κ1) is 18.7. The Morgan fingerprint density at radius 3 is 1.54 bits per heavy atom. The van der Waals surface area contributed by atoms with Crippen molar-refractivity contribution in [2.24, 2.45) is 0 Å². The summed E-state index contributed by atoms with van der Waals surface area (Å²) in [5, 5.41) is 0. The van der Waals surface area contributed by atoms with E-state index in [4.69, 9.17) is 0 Å². The van der Waals surface area contributed by atoms with Gasteiger partial charge in [-0.15, -0.1) is 0 Å². The molecule has 0 aliphatic heterocycles. The van der Waals surface area contributed by atoms with Crippen molar-refractivity contribution in [1.82, 2.24) is 0 Å². The molecule has 0 aromatic heterocycles. The van der Waals surface area contributed by atoms with Crippen molar-refractivity contribution in [1.29, 1.82) is 0 Å². The van der Waals surface area contributed by atoms with Gasteiger partial charge in [0.1, 0.15) is 0 Å². The highest BCUT2D eigenvalue weighted by molar-refractivity contribution is 7.92. The van der Waals surface area contributed by atoms with Gasteiger partial charge >= 0.3 is 15.6 Å². The molecule has 0 heterocycles. The monoisotopic (exact) mass is 378 g/mol. The Balaban J connectivity index is 2.36. The Morgan fingerprint density at radius 2 is 1.21 bits per heavy atom. The molecule has 24 heavy (non-hydrogen) atoms. The topological polar surface area (TPSA) is 60.4 Å². The lowest BCUT2D eigenvalue weighted by Crippen LogP contribution is -2.25. The number of halogens is 3. The molecule has 9 heteroatoms. The summed E-state index contributed by atoms with van der Waals surface area (Å²) in [6.07, 6.45) is -0.837. The molecule has 0 atom stereocenters. The van der Waals surface area contributed by atoms with E-state index in [2.05, 4.69) is 3.97 Å². The second-order valence-corrected chi connectivity index (χ2v) is 9.31. The summed E-state index contributed by atoms with van der Waals surface area (Å²) in [4.78, 5) is 0. The summed E-state index contributed by atoms with van der Waals surface area (Å²) in [7, 11) is -10.1. The molecule has 0 unspecified atom stereocenters. The molecule has 4 nitrogen and oxygen atoms in total. The molecular formula is C15H14F3O4PS. The molecule has 2 aromatic carbocycles. The van der Waals surface area contributed by atoms with E-state index in [-0.39, 0.29) is 0 Å². The van der Waals surface area contributed by atoms with Crippen LogP contribution in [0.15, 0.2) is 60.7 Å². The van der Waals surface area contributed by atoms with Crippen LogP contribution in [-0.2, 0) is 31.0 Å². The Labute approximate surface area is 137 Å². The highest BCUT2D eigenvalue weighted by atomic mass is 32.2. The third-order valence-electron chi connectivity index (χ3n) is 3.05. The van der Waals surface area contributed by atoms with Gasteiger partial charge in [0.2, 0.25) is 7.37 Å². The van der Waals surface area contributed by atoms with E-state index in [0.717, 1.165) is 0 Å². The van der Waals surface area contributed by atoms with Gasteiger partial charge in [-0.2, -0.15) is 21.6 Å². The fourth-order valence-electron chi connectivity index (χ4n) is 2.05. The number of rotatable bonds is 6. The lowest BCUT2D eigenvalue weighted by molar-refractivity contribution is -0.0499. The molecule has 2 aromatic rings. The van der Waals surface area contributed by atoms with Crippen LogP contribution < -0.4 is 0 Å². The normalized spacial score (nSPS) is 13.0. The molecule has 0 spiro atoms. The van der Waals surface area contributed by atoms with Crippen LogP contribution in [0.4, 0.5) is 13.2 Å². The predicted molar refractivity (Wildman–Crippen MR) is 84.0 cm³/mol. The van der Waals surface area contributed by atoms with Crippen molar-refractivity contribution >= 4 is 17.5 Å². The van der Waals surface area contributed by atoms with E-state index in [1.807, 2.05) is 0 Å². The Morgan fingerprint density at radius 1 is 0.833 bits per heavy atom. The molecule has 0 amide bonds. The van der Waals surface area contributed by atoms with Gasteiger partial charge in [0.15, 0.2) is 0 Å². The molecule has 0 bridgehead atoms. The minimum absolute atomic E-state index is 0.419. The molecule has 0 saturated carbocycles. The van der Waals surface area contributed by atoms with Crippen LogP contribution >= 0.6 is 7.37 Å². The van der Waals surface area contributed by atoms with Gasteiger partial charge < -0.3 is 0 Å². The van der Waals surface area contributed by atoms with Crippen molar-refractivity contribution < 1.29 is 30.1 Å². The number of benzene rings is 2. The van der Waals surface area contributed by atoms with Crippen LogP contribution in [0.3, 0.4) is 0 Å². The highest BCUT2D eigenvalue weighted by Crippen LogP contribution is 2.56. The second kappa shape index (κ2) is 7.09. The van der Waals surface area contributed by atoms with Crippen LogP contribution in [0, 0.1) is 0 Å². The minimum Gasteiger partial charge on any atom is -0.291 e. The van der Waals surface area contributed by atoms with Crippen LogP contribution in [0.2, 0.25) is 0 Å². The first-order valence-electron chi connectivity index (χ1n) is 6.80. The molecule has 0 N–H and O–H groups in total. The van der Waals surface area contributed by atoms with Crippen molar-refractivity contribution in [2.45, 2.75) is 17.8 Å². The van der Waals surface area contributed by atoms with Crippen molar-refractivity contribution in [2.75, 3.05) is 0 Å². The van der Waals surface area contributed by atoms with Crippen molar-refractivity contribution in [3.63, 3.8) is 0 Å². The molecule has 0 aliphatic rings. The molecule has 0 fully saturated rings. The van der Waals surface area contributed by atoms with E-state index >= 15 is 0 Å². The van der Waals surface area contributed by atoms with Crippen LogP contribution in [0.1, 0.15) is 11.1 Å². The zero-order valence-electron chi connectivity index (χ0n) is 12.3. The van der Waals surface area contributed by atoms with Gasteiger partial charge in [-0.3, -0.25) is 4.57 Å². The first-order chi connectivity index (χ1) is 11.1. The lowest BCUT2D eigenvalue weighted by atomic mass is 10.2. The summed E-state index contributed by atoms with van der Waals surface area (Å²) in [5.41, 5.74) is -4.78. The molecule has 130 valence electrons. The maximum atomic E-state index is 12.9. The standard InChI is InChI=1S/C15H14F3O4PS/c16-15(17,18)24(20,21)22-23(19,11-13-7-3-1-4-8-13)12-14-9-5-2-6-10-14/h1-10H,11-12H2. The maximum absolute atomic E-state index is 12.9. The summed E-state index contributed by atoms with van der Waals surface area (Å²) < 4.78 is 77.6. The van der Waals surface area contributed by atoms with Gasteiger partial charge in [-0.05, 0) is 11.1 Å². The third-order valence-corrected chi connectivity index (χ3v) is 7.18. The Hall–Kier alpha value is -1.63. The fraction of sp³-hybridized carbons (Fsp3) is 0.200. The van der Waals surface area contributed by atoms with Crippen LogP contribution in [-0.4, -0.2) is 13.9 Å². The van der Waals surface area contributed by atoms with Gasteiger partial charge in [-0.1, -0.05) is 60.7 Å². The van der Waals surface area contributed by atoms with E-state index in [9.17, 15) is 26.2 Å². The summed E-state index contributed by atoms with van der Waals surface area (Å²) >= 11 is 0. The van der Waals surface area contributed by atoms with E-state index in [1.54, 1.807) is 60.7 Å². The summed E-state index contributed by atoms with van der Waals surface area (Å²) in [6, 6.07) is 16.0. The summed E-state index contributed by atoms with van der Waals surface area (Å²) in [6.45, 7) is 0. The zero-order chi connectivity index (χ0) is 17.8. The van der Waals surface area contributed by atoms with Crippen LogP contribution in [0.25, 0.3) is 0 Å². The number of alkyl halides is 3. The second-order valence-electron chi connectivity index (χ2n) is 5.08. The van der Waals surface area contributed by atoms with Crippen molar-refractivity contribution in [3.05, 3.63) is 71.8 Å². The molecule has 0 saturated heterocycles. The molecule has 0 radical (unpaired) electrons. The number of hydrogen-bond acceptors (Lipinski definition) is 4. The van der Waals surface area contributed by atoms with E-state index < -0.39 is 35.3 Å². The minimum atomic E-state index is -5.96. The quantitative estimate of drug-likeness (QED) is 0.547. The third kappa shape index (κ3) is 4.93. The smallest absolute Gasteiger partial charge is 0.291 e. The zero-order valence-corrected chi connectivity index (χ0v) is 14.0. The van der Waals surface area contributed by atoms with Gasteiger partial charge in [0.25, 0.3) is 0 Å². The highest BCUT2D eigenvalue weighted by Gasteiger charge is 2.51. The summed E-state index contributed by atoms with van der Waals surface area (Å²) in [5.74, 6) is 0. The Kier molecular flexibility index (Phi) is 5.52. The van der Waals surface area contributed by atoms with Gasteiger partial charge in [0, 0.05) is 0 Å². The Bertz CT molecular complexity index is 775. The molecule has 2 rings (SSSR count). The first-order valence-corrected chi connectivity index (χ1v) is 10.2. The SMILES string of the molecule is O=P(Cc1ccccc1)(Cc1ccccc1)OS(=O)(=O)C(F)(F)F. The molecule has 0 aliphatic carbocycles. The van der Waals surface area contributed by atoms with Gasteiger partial charge in [0.05, 0.1) is 12.3 Å². The average molecular weight is 378 g/mol. The average Bonchev–Trinajstić information content (AvgIpc) is 2.47. The largest absolute Gasteiger partial charge is 0.523 e. The maximum Gasteiger partial charge on any atom is 0.523 e. The predicted octanol–water partition coefficient (Wildman–Crippen LogP) is 4.53. The molecular weight excluding hydrogens is 364 g/mol. The van der Waals surface area contributed by atoms with Gasteiger partial charge in [-0.25, -0.2) is 3.97 Å². The fourth-order valence-corrected chi connectivity index (χ4v) is 5.89. The van der Waals surface area contributed by atoms with E-state index in [0.29, 0.717) is 11.1 Å². The number of hydrogen-bond donors (Lipinski definition) is 0. The van der Waals surface area contributed by atoms with E-state index in [1.165, 1.54) is 0 Å².